The van der Waals surface area contributed by atoms with Crippen LogP contribution >= 0.6 is 0 Å². The van der Waals surface area contributed by atoms with Crippen LogP contribution in [-0.4, -0.2) is 22.9 Å². The molecule has 2 aromatic rings. The number of amides is 1. The Morgan fingerprint density at radius 2 is 2.18 bits per heavy atom. The summed E-state index contributed by atoms with van der Waals surface area (Å²) in [5.74, 6) is 1.91. The molecule has 1 saturated carbocycles. The van der Waals surface area contributed by atoms with E-state index in [4.69, 9.17) is 9.47 Å². The van der Waals surface area contributed by atoms with Gasteiger partial charge < -0.3 is 14.8 Å². The number of hydrogen-bond donors (Lipinski definition) is 2. The molecule has 6 heteroatoms. The first-order valence-electron chi connectivity index (χ1n) is 7.54. The number of nitrogens with zero attached hydrogens (tertiary/aromatic N) is 1. The standard InChI is InChI=1S/C16H17N3O3/c1-2-13(20)17-16-14(9-3-4-9)18-19-15(16)10-5-6-11-12(7-10)22-8-21-11/h5-7,9H,2-4,8H2,1H3,(H,17,20)(H,18,19). The molecule has 0 spiro atoms. The number of ether oxygens (including phenoxy) is 2. The lowest BCUT2D eigenvalue weighted by Crippen LogP contribution is -2.11. The quantitative estimate of drug-likeness (QED) is 0.909. The van der Waals surface area contributed by atoms with Gasteiger partial charge in [0.05, 0.1) is 11.4 Å². The zero-order valence-corrected chi connectivity index (χ0v) is 12.3. The van der Waals surface area contributed by atoms with Gasteiger partial charge in [0.15, 0.2) is 11.5 Å². The summed E-state index contributed by atoms with van der Waals surface area (Å²) in [6.07, 6.45) is 2.71. The first kappa shape index (κ1) is 13.2. The highest BCUT2D eigenvalue weighted by Gasteiger charge is 2.31. The van der Waals surface area contributed by atoms with Gasteiger partial charge in [-0.05, 0) is 31.0 Å². The van der Waals surface area contributed by atoms with Crippen LogP contribution in [0.25, 0.3) is 11.3 Å². The zero-order chi connectivity index (χ0) is 15.1. The summed E-state index contributed by atoms with van der Waals surface area (Å²) >= 11 is 0. The van der Waals surface area contributed by atoms with Crippen LogP contribution in [0.4, 0.5) is 5.69 Å². The minimum Gasteiger partial charge on any atom is -0.454 e. The Balaban J connectivity index is 1.75. The zero-order valence-electron chi connectivity index (χ0n) is 12.3. The second-order valence-corrected chi connectivity index (χ2v) is 5.60. The summed E-state index contributed by atoms with van der Waals surface area (Å²) in [5.41, 5.74) is 3.48. The SMILES string of the molecule is CCC(=O)Nc1c(-c2ccc3c(c2)OCO3)n[nH]c1C1CC1. The maximum absolute atomic E-state index is 11.8. The van der Waals surface area contributed by atoms with E-state index in [0.717, 1.165) is 41.2 Å². The lowest BCUT2D eigenvalue weighted by Gasteiger charge is -2.07. The maximum Gasteiger partial charge on any atom is 0.231 e. The molecule has 114 valence electrons. The van der Waals surface area contributed by atoms with Crippen LogP contribution in [0.3, 0.4) is 0 Å². The van der Waals surface area contributed by atoms with Crippen molar-refractivity contribution in [3.8, 4) is 22.8 Å². The third-order valence-electron chi connectivity index (χ3n) is 4.01. The lowest BCUT2D eigenvalue weighted by atomic mass is 10.1. The second kappa shape index (κ2) is 5.05. The summed E-state index contributed by atoms with van der Waals surface area (Å²) in [6.45, 7) is 2.08. The minimum absolute atomic E-state index is 0.00899. The average molecular weight is 299 g/mol. The van der Waals surface area contributed by atoms with E-state index < -0.39 is 0 Å². The smallest absolute Gasteiger partial charge is 0.231 e. The Labute approximate surface area is 127 Å². The monoisotopic (exact) mass is 299 g/mol. The van der Waals surface area contributed by atoms with E-state index in [0.29, 0.717) is 18.1 Å². The van der Waals surface area contributed by atoms with Gasteiger partial charge in [0.25, 0.3) is 0 Å². The molecule has 2 aliphatic rings. The lowest BCUT2D eigenvalue weighted by molar-refractivity contribution is -0.115. The predicted molar refractivity (Wildman–Crippen MR) is 81.0 cm³/mol. The summed E-state index contributed by atoms with van der Waals surface area (Å²) in [6, 6.07) is 5.70. The van der Waals surface area contributed by atoms with Crippen molar-refractivity contribution < 1.29 is 14.3 Å². The molecule has 0 saturated heterocycles. The number of aromatic nitrogens is 2. The molecule has 2 heterocycles. The van der Waals surface area contributed by atoms with Gasteiger partial charge in [-0.3, -0.25) is 9.89 Å². The van der Waals surface area contributed by atoms with Crippen molar-refractivity contribution in [3.63, 3.8) is 0 Å². The first-order valence-corrected chi connectivity index (χ1v) is 7.54. The molecule has 2 N–H and O–H groups in total. The van der Waals surface area contributed by atoms with E-state index >= 15 is 0 Å². The molecule has 22 heavy (non-hydrogen) atoms. The van der Waals surface area contributed by atoms with Crippen molar-refractivity contribution in [2.75, 3.05) is 12.1 Å². The van der Waals surface area contributed by atoms with Crippen LogP contribution in [-0.2, 0) is 4.79 Å². The molecule has 1 aliphatic carbocycles. The van der Waals surface area contributed by atoms with Crippen LogP contribution in [0.5, 0.6) is 11.5 Å². The number of benzene rings is 1. The molecule has 1 amide bonds. The van der Waals surface area contributed by atoms with Crippen molar-refractivity contribution in [2.45, 2.75) is 32.1 Å². The molecule has 0 bridgehead atoms. The van der Waals surface area contributed by atoms with Crippen LogP contribution in [0.1, 0.15) is 37.8 Å². The van der Waals surface area contributed by atoms with E-state index in [1.54, 1.807) is 0 Å². The van der Waals surface area contributed by atoms with Crippen molar-refractivity contribution >= 4 is 11.6 Å². The molecule has 1 fully saturated rings. The van der Waals surface area contributed by atoms with Gasteiger partial charge in [-0.1, -0.05) is 6.92 Å². The molecule has 0 unspecified atom stereocenters. The largest absolute Gasteiger partial charge is 0.454 e. The van der Waals surface area contributed by atoms with E-state index in [1.807, 2.05) is 25.1 Å². The summed E-state index contributed by atoms with van der Waals surface area (Å²) < 4.78 is 10.8. The molecular weight excluding hydrogens is 282 g/mol. The molecule has 0 atom stereocenters. The predicted octanol–water partition coefficient (Wildman–Crippen LogP) is 3.03. The Bertz CT molecular complexity index is 734. The van der Waals surface area contributed by atoms with Gasteiger partial charge in [-0.2, -0.15) is 5.10 Å². The van der Waals surface area contributed by atoms with Crippen molar-refractivity contribution in [1.82, 2.24) is 10.2 Å². The summed E-state index contributed by atoms with van der Waals surface area (Å²) in [4.78, 5) is 11.8. The number of rotatable bonds is 4. The highest BCUT2D eigenvalue weighted by Crippen LogP contribution is 2.46. The van der Waals surface area contributed by atoms with E-state index in [1.165, 1.54) is 0 Å². The van der Waals surface area contributed by atoms with Crippen LogP contribution in [0.2, 0.25) is 0 Å². The van der Waals surface area contributed by atoms with E-state index in [2.05, 4.69) is 15.5 Å². The van der Waals surface area contributed by atoms with E-state index in [-0.39, 0.29) is 12.7 Å². The topological polar surface area (TPSA) is 76.2 Å². The first-order chi connectivity index (χ1) is 10.8. The van der Waals surface area contributed by atoms with Crippen molar-refractivity contribution in [2.24, 2.45) is 0 Å². The Kier molecular flexibility index (Phi) is 3.03. The second-order valence-electron chi connectivity index (χ2n) is 5.60. The van der Waals surface area contributed by atoms with Gasteiger partial charge in [0.1, 0.15) is 5.69 Å². The number of hydrogen-bond acceptors (Lipinski definition) is 4. The highest BCUT2D eigenvalue weighted by atomic mass is 16.7. The Morgan fingerprint density at radius 3 is 2.95 bits per heavy atom. The number of nitrogens with one attached hydrogen (secondary N) is 2. The molecule has 1 aliphatic heterocycles. The van der Waals surface area contributed by atoms with Crippen LogP contribution < -0.4 is 14.8 Å². The van der Waals surface area contributed by atoms with Crippen molar-refractivity contribution in [3.05, 3.63) is 23.9 Å². The number of carbonyl (C=O) groups excluding carboxylic acids is 1. The van der Waals surface area contributed by atoms with Gasteiger partial charge in [-0.25, -0.2) is 0 Å². The molecule has 0 radical (unpaired) electrons. The summed E-state index contributed by atoms with van der Waals surface area (Å²) in [7, 11) is 0. The fraction of sp³-hybridized carbons (Fsp3) is 0.375. The number of anilines is 1. The number of fused-ring (bicyclic) bond motifs is 1. The van der Waals surface area contributed by atoms with Gasteiger partial charge in [0.2, 0.25) is 12.7 Å². The van der Waals surface area contributed by atoms with Crippen molar-refractivity contribution in [1.29, 1.82) is 0 Å². The van der Waals surface area contributed by atoms with Crippen LogP contribution in [0.15, 0.2) is 18.2 Å². The molecule has 1 aromatic heterocycles. The molecule has 6 nitrogen and oxygen atoms in total. The van der Waals surface area contributed by atoms with E-state index in [9.17, 15) is 4.79 Å². The van der Waals surface area contributed by atoms with Gasteiger partial charge >= 0.3 is 0 Å². The number of carbonyl (C=O) groups is 1. The van der Waals surface area contributed by atoms with Gasteiger partial charge in [-0.15, -0.1) is 0 Å². The minimum atomic E-state index is -0.00899. The summed E-state index contributed by atoms with van der Waals surface area (Å²) in [5, 5.41) is 10.5. The normalized spacial score (nSPS) is 15.9. The van der Waals surface area contributed by atoms with Gasteiger partial charge in [0, 0.05) is 17.9 Å². The Hall–Kier alpha value is -2.50. The average Bonchev–Trinajstić information content (AvgIpc) is 3.12. The molecular formula is C16H17N3O3. The third-order valence-corrected chi connectivity index (χ3v) is 4.01. The third kappa shape index (κ3) is 2.20. The maximum atomic E-state index is 11.8. The number of aromatic amines is 1. The fourth-order valence-electron chi connectivity index (χ4n) is 2.63. The Morgan fingerprint density at radius 1 is 1.36 bits per heavy atom. The van der Waals surface area contributed by atoms with Crippen LogP contribution in [0, 0.1) is 0 Å². The number of H-pyrrole nitrogens is 1. The molecule has 1 aromatic carbocycles. The highest BCUT2D eigenvalue weighted by molar-refractivity contribution is 5.95. The fourth-order valence-corrected chi connectivity index (χ4v) is 2.63. The molecule has 4 rings (SSSR count).